The van der Waals surface area contributed by atoms with E-state index in [9.17, 15) is 0 Å². The predicted octanol–water partition coefficient (Wildman–Crippen LogP) is 12.5. The molecule has 8 aromatic rings. The third-order valence-electron chi connectivity index (χ3n) is 10.7. The Labute approximate surface area is 268 Å². The highest BCUT2D eigenvalue weighted by Crippen LogP contribution is 2.52. The lowest BCUT2D eigenvalue weighted by Gasteiger charge is -2.25. The van der Waals surface area contributed by atoms with Crippen molar-refractivity contribution in [3.63, 3.8) is 0 Å². The van der Waals surface area contributed by atoms with Gasteiger partial charge in [-0.05, 0) is 126 Å². The van der Waals surface area contributed by atoms with E-state index in [4.69, 9.17) is 4.42 Å². The molecule has 0 saturated heterocycles. The summed E-state index contributed by atoms with van der Waals surface area (Å²) in [4.78, 5) is 0. The number of rotatable bonds is 2. The summed E-state index contributed by atoms with van der Waals surface area (Å²) >= 11 is 0. The molecule has 0 fully saturated rings. The van der Waals surface area contributed by atoms with E-state index in [2.05, 4.69) is 141 Å². The zero-order chi connectivity index (χ0) is 30.6. The van der Waals surface area contributed by atoms with Crippen LogP contribution in [0.3, 0.4) is 0 Å². The molecule has 2 aliphatic carbocycles. The average molecular weight is 589 g/mol. The molecule has 0 unspecified atom stereocenters. The first kappa shape index (κ1) is 25.9. The quantitative estimate of drug-likeness (QED) is 0.196. The maximum absolute atomic E-state index is 6.36. The van der Waals surface area contributed by atoms with Crippen molar-refractivity contribution in [2.24, 2.45) is 0 Å². The van der Waals surface area contributed by atoms with Crippen molar-refractivity contribution in [3.8, 4) is 33.4 Å². The summed E-state index contributed by atoms with van der Waals surface area (Å²) in [5.41, 5.74) is 15.3. The third kappa shape index (κ3) is 3.52. The molecule has 218 valence electrons. The highest BCUT2D eigenvalue weighted by atomic mass is 16.3. The van der Waals surface area contributed by atoms with Crippen LogP contribution >= 0.6 is 0 Å². The summed E-state index contributed by atoms with van der Waals surface area (Å²) in [6.45, 7) is 4.79. The molecule has 1 heterocycles. The Morgan fingerprint density at radius 2 is 1.20 bits per heavy atom. The number of allylic oxidation sites excluding steroid dienone is 1. The van der Waals surface area contributed by atoms with Gasteiger partial charge in [0.25, 0.3) is 0 Å². The van der Waals surface area contributed by atoms with Crippen LogP contribution in [0.2, 0.25) is 0 Å². The highest BCUT2D eigenvalue weighted by molar-refractivity contribution is 6.12. The van der Waals surface area contributed by atoms with Gasteiger partial charge in [0.1, 0.15) is 11.2 Å². The van der Waals surface area contributed by atoms with Gasteiger partial charge < -0.3 is 4.42 Å². The van der Waals surface area contributed by atoms with Gasteiger partial charge in [-0.1, -0.05) is 111 Å². The highest BCUT2D eigenvalue weighted by Gasteiger charge is 2.36. The van der Waals surface area contributed by atoms with E-state index in [1.807, 2.05) is 6.07 Å². The molecule has 0 amide bonds. The summed E-state index contributed by atoms with van der Waals surface area (Å²) in [5.74, 6) is 0. The number of hydrogen-bond donors (Lipinski definition) is 0. The van der Waals surface area contributed by atoms with E-state index in [1.165, 1.54) is 88.0 Å². The number of hydrogen-bond acceptors (Lipinski definition) is 1. The van der Waals surface area contributed by atoms with Crippen molar-refractivity contribution in [1.82, 2.24) is 0 Å². The summed E-state index contributed by atoms with van der Waals surface area (Å²) in [7, 11) is 0. The number of furan rings is 1. The molecule has 0 N–H and O–H groups in total. The number of para-hydroxylation sites is 1. The maximum Gasteiger partial charge on any atom is 0.136 e. The Kier molecular flexibility index (Phi) is 5.24. The van der Waals surface area contributed by atoms with Crippen LogP contribution in [-0.4, -0.2) is 0 Å². The van der Waals surface area contributed by atoms with Gasteiger partial charge in [-0.2, -0.15) is 0 Å². The van der Waals surface area contributed by atoms with Gasteiger partial charge in [-0.3, -0.25) is 0 Å². The molecule has 0 atom stereocenters. The van der Waals surface area contributed by atoms with Crippen LogP contribution < -0.4 is 0 Å². The molecule has 10 rings (SSSR count). The summed E-state index contributed by atoms with van der Waals surface area (Å²) in [5, 5.41) is 7.55. The van der Waals surface area contributed by atoms with Gasteiger partial charge in [-0.15, -0.1) is 0 Å². The zero-order valence-electron chi connectivity index (χ0n) is 26.0. The normalized spacial score (nSPS) is 14.7. The Bertz CT molecular complexity index is 2610. The average Bonchev–Trinajstić information content (AvgIpc) is 3.57. The second-order valence-electron chi connectivity index (χ2n) is 13.6. The Hall–Kier alpha value is -5.40. The van der Waals surface area contributed by atoms with Gasteiger partial charge in [0.15, 0.2) is 0 Å². The molecule has 0 bridgehead atoms. The minimum absolute atomic E-state index is 0.0809. The molecule has 0 aliphatic heterocycles. The van der Waals surface area contributed by atoms with E-state index in [0.29, 0.717) is 0 Å². The van der Waals surface area contributed by atoms with E-state index in [0.717, 1.165) is 24.0 Å². The second kappa shape index (κ2) is 9.31. The fourth-order valence-corrected chi connectivity index (χ4v) is 8.48. The molecular weight excluding hydrogens is 556 g/mol. The van der Waals surface area contributed by atoms with Gasteiger partial charge in [0.05, 0.1) is 0 Å². The Morgan fingerprint density at radius 3 is 2.04 bits per heavy atom. The lowest BCUT2D eigenvalue weighted by atomic mass is 9.78. The van der Waals surface area contributed by atoms with Crippen LogP contribution in [0, 0.1) is 0 Å². The van der Waals surface area contributed by atoms with Gasteiger partial charge in [-0.25, -0.2) is 0 Å². The van der Waals surface area contributed by atoms with Gasteiger partial charge in [0.2, 0.25) is 0 Å². The topological polar surface area (TPSA) is 13.1 Å². The van der Waals surface area contributed by atoms with Crippen LogP contribution in [0.4, 0.5) is 0 Å². The van der Waals surface area contributed by atoms with Crippen LogP contribution in [0.15, 0.2) is 132 Å². The van der Waals surface area contributed by atoms with Crippen molar-refractivity contribution < 1.29 is 4.42 Å². The summed E-state index contributed by atoms with van der Waals surface area (Å²) < 4.78 is 6.36. The summed E-state index contributed by atoms with van der Waals surface area (Å²) in [6.07, 6.45) is 6.79. The Morgan fingerprint density at radius 1 is 0.543 bits per heavy atom. The fraction of sp³-hybridized carbons (Fsp3) is 0.111. The van der Waals surface area contributed by atoms with Crippen LogP contribution in [0.1, 0.15) is 42.5 Å². The minimum atomic E-state index is -0.0809. The molecule has 1 aromatic heterocycles. The Balaban J connectivity index is 1.21. The maximum atomic E-state index is 6.36. The zero-order valence-corrected chi connectivity index (χ0v) is 26.0. The van der Waals surface area contributed by atoms with Crippen molar-refractivity contribution in [2.75, 3.05) is 0 Å². The lowest BCUT2D eigenvalue weighted by molar-refractivity contribution is 0.661. The third-order valence-corrected chi connectivity index (χ3v) is 10.7. The first-order valence-electron chi connectivity index (χ1n) is 16.4. The van der Waals surface area contributed by atoms with Crippen molar-refractivity contribution in [3.05, 3.63) is 150 Å². The predicted molar refractivity (Wildman–Crippen MR) is 195 cm³/mol. The SMILES string of the molecule is CC1(C)c2cc(-c3c4c(c(-c5ccc6c(c5)oc5ccccc56)c5ccccc35)C=CCC4)ccc2-c2cc3ccccc3cc21. The molecule has 0 spiro atoms. The smallest absolute Gasteiger partial charge is 0.136 e. The molecule has 1 nitrogen and oxygen atoms in total. The molecular formula is C45H32O. The number of benzene rings is 7. The van der Waals surface area contributed by atoms with E-state index < -0.39 is 0 Å². The first-order valence-corrected chi connectivity index (χ1v) is 16.4. The van der Waals surface area contributed by atoms with Gasteiger partial charge >= 0.3 is 0 Å². The monoisotopic (exact) mass is 588 g/mol. The van der Waals surface area contributed by atoms with Crippen molar-refractivity contribution in [2.45, 2.75) is 32.1 Å². The number of fused-ring (bicyclic) bond motifs is 9. The van der Waals surface area contributed by atoms with Gasteiger partial charge in [0, 0.05) is 16.2 Å². The molecule has 7 aromatic carbocycles. The van der Waals surface area contributed by atoms with E-state index >= 15 is 0 Å². The molecule has 46 heavy (non-hydrogen) atoms. The lowest BCUT2D eigenvalue weighted by Crippen LogP contribution is -2.15. The summed E-state index contributed by atoms with van der Waals surface area (Å²) in [6, 6.07) is 44.9. The molecule has 0 saturated carbocycles. The molecule has 1 heteroatoms. The largest absolute Gasteiger partial charge is 0.456 e. The van der Waals surface area contributed by atoms with Crippen LogP contribution in [0.25, 0.3) is 82.9 Å². The molecule has 0 radical (unpaired) electrons. The molecule has 2 aliphatic rings. The fourth-order valence-electron chi connectivity index (χ4n) is 8.48. The van der Waals surface area contributed by atoms with Crippen LogP contribution in [-0.2, 0) is 11.8 Å². The first-order chi connectivity index (χ1) is 22.6. The van der Waals surface area contributed by atoms with Crippen molar-refractivity contribution in [1.29, 1.82) is 0 Å². The van der Waals surface area contributed by atoms with Crippen LogP contribution in [0.5, 0.6) is 0 Å². The van der Waals surface area contributed by atoms with Crippen molar-refractivity contribution >= 4 is 49.6 Å². The minimum Gasteiger partial charge on any atom is -0.456 e. The van der Waals surface area contributed by atoms with E-state index in [-0.39, 0.29) is 5.41 Å². The standard InChI is InChI=1S/C45H32O/c1-45(2)39-25-29(19-21-31(39)38-23-27-11-3-4-12-28(27)24-40(38)45)43-34-14-5-7-16-36(34)44(37-17-8-6-15-35(37)43)30-20-22-33-32-13-9-10-18-41(32)46-42(33)26-30/h3-5,7-14,16-26H,6,15H2,1-2H3. The second-order valence-corrected chi connectivity index (χ2v) is 13.6. The van der Waals surface area contributed by atoms with E-state index in [1.54, 1.807) is 0 Å².